The predicted molar refractivity (Wildman–Crippen MR) is 74.9 cm³/mol. The van der Waals surface area contributed by atoms with E-state index in [0.717, 1.165) is 0 Å². The van der Waals surface area contributed by atoms with Crippen LogP contribution in [0.5, 0.6) is 5.75 Å². The average Bonchev–Trinajstić information content (AvgIpc) is 2.31. The lowest BCUT2D eigenvalue weighted by Crippen LogP contribution is -2.07. The van der Waals surface area contributed by atoms with Crippen LogP contribution in [0.1, 0.15) is 5.56 Å². The van der Waals surface area contributed by atoms with Gasteiger partial charge in [-0.2, -0.15) is 0 Å². The Morgan fingerprint density at radius 3 is 2.32 bits per heavy atom. The Bertz CT molecular complexity index is 696. The van der Waals surface area contributed by atoms with Crippen LogP contribution in [0.2, 0.25) is 5.02 Å². The predicted octanol–water partition coefficient (Wildman–Crippen LogP) is 2.60. The highest BCUT2D eigenvalue weighted by atomic mass is 35.5. The van der Waals surface area contributed by atoms with Crippen LogP contribution in [0.4, 0.5) is 5.69 Å². The van der Waals surface area contributed by atoms with Gasteiger partial charge in [0.2, 0.25) is 0 Å². The van der Waals surface area contributed by atoms with Gasteiger partial charge in [-0.15, -0.1) is 0 Å². The zero-order chi connectivity index (χ0) is 14.0. The highest BCUT2D eigenvalue weighted by Crippen LogP contribution is 2.25. The summed E-state index contributed by atoms with van der Waals surface area (Å²) in [6, 6.07) is 10.3. The van der Waals surface area contributed by atoms with Gasteiger partial charge < -0.3 is 10.8 Å². The highest BCUT2D eigenvalue weighted by Gasteiger charge is 2.18. The van der Waals surface area contributed by atoms with Crippen LogP contribution in [0.25, 0.3) is 0 Å². The molecule has 0 aliphatic carbocycles. The van der Waals surface area contributed by atoms with Gasteiger partial charge in [0.1, 0.15) is 5.75 Å². The monoisotopic (exact) mass is 297 g/mol. The lowest BCUT2D eigenvalue weighted by molar-refractivity contribution is 0.475. The fourth-order valence-corrected chi connectivity index (χ4v) is 3.35. The van der Waals surface area contributed by atoms with Crippen molar-refractivity contribution in [2.75, 3.05) is 5.73 Å². The van der Waals surface area contributed by atoms with E-state index in [-0.39, 0.29) is 22.1 Å². The van der Waals surface area contributed by atoms with Gasteiger partial charge in [0, 0.05) is 5.02 Å². The van der Waals surface area contributed by atoms with Gasteiger partial charge in [0.25, 0.3) is 0 Å². The van der Waals surface area contributed by atoms with Gasteiger partial charge >= 0.3 is 0 Å². The number of hydrogen-bond donors (Lipinski definition) is 2. The van der Waals surface area contributed by atoms with Gasteiger partial charge in [-0.05, 0) is 35.9 Å². The number of nitrogens with two attached hydrogens (primary N) is 1. The molecule has 0 aliphatic rings. The molecule has 3 N–H and O–H groups in total. The summed E-state index contributed by atoms with van der Waals surface area (Å²) in [7, 11) is -3.54. The van der Waals surface area contributed by atoms with Crippen molar-refractivity contribution in [3.63, 3.8) is 0 Å². The number of nitrogen functional groups attached to an aromatic ring is 1. The second-order valence-corrected chi connectivity index (χ2v) is 6.50. The molecule has 0 aromatic heterocycles. The SMILES string of the molecule is Nc1cc(Cl)ccc1S(=O)(=O)Cc1ccc(O)cc1. The molecule has 0 saturated heterocycles. The average molecular weight is 298 g/mol. The van der Waals surface area contributed by atoms with Crippen molar-refractivity contribution in [2.24, 2.45) is 0 Å². The molecule has 0 spiro atoms. The summed E-state index contributed by atoms with van der Waals surface area (Å²) < 4.78 is 24.5. The molecular formula is C13H12ClNO3S. The first-order chi connectivity index (χ1) is 8.88. The molecule has 2 rings (SSSR count). The molecule has 2 aromatic rings. The maximum Gasteiger partial charge on any atom is 0.184 e. The highest BCUT2D eigenvalue weighted by molar-refractivity contribution is 7.90. The molecule has 0 heterocycles. The molecule has 100 valence electrons. The van der Waals surface area contributed by atoms with E-state index in [2.05, 4.69) is 0 Å². The minimum atomic E-state index is -3.54. The molecule has 0 unspecified atom stereocenters. The van der Waals surface area contributed by atoms with Crippen molar-refractivity contribution < 1.29 is 13.5 Å². The molecule has 4 nitrogen and oxygen atoms in total. The van der Waals surface area contributed by atoms with Gasteiger partial charge in [-0.25, -0.2) is 8.42 Å². The van der Waals surface area contributed by atoms with Crippen molar-refractivity contribution in [1.29, 1.82) is 0 Å². The Labute approximate surface area is 116 Å². The summed E-state index contributed by atoms with van der Waals surface area (Å²) in [5.41, 5.74) is 6.39. The van der Waals surface area contributed by atoms with Crippen molar-refractivity contribution >= 4 is 27.1 Å². The standard InChI is InChI=1S/C13H12ClNO3S/c14-10-3-6-13(12(15)7-10)19(17,18)8-9-1-4-11(16)5-2-9/h1-7,16H,8,15H2. The summed E-state index contributed by atoms with van der Waals surface area (Å²) >= 11 is 5.74. The number of anilines is 1. The van der Waals surface area contributed by atoms with Crippen molar-refractivity contribution in [3.8, 4) is 5.75 Å². The number of aromatic hydroxyl groups is 1. The van der Waals surface area contributed by atoms with E-state index in [1.165, 1.54) is 30.3 Å². The molecule has 0 radical (unpaired) electrons. The molecular weight excluding hydrogens is 286 g/mol. The molecule has 2 aromatic carbocycles. The Balaban J connectivity index is 2.35. The summed E-state index contributed by atoms with van der Waals surface area (Å²) in [6.07, 6.45) is 0. The van der Waals surface area contributed by atoms with Crippen LogP contribution in [0, 0.1) is 0 Å². The minimum absolute atomic E-state index is 0.0602. The van der Waals surface area contributed by atoms with E-state index in [4.69, 9.17) is 22.4 Å². The first-order valence-electron chi connectivity index (χ1n) is 5.44. The molecule has 0 saturated carbocycles. The lowest BCUT2D eigenvalue weighted by Gasteiger charge is -2.08. The molecule has 0 bridgehead atoms. The first-order valence-corrected chi connectivity index (χ1v) is 7.47. The fourth-order valence-electron chi connectivity index (χ4n) is 1.69. The number of sulfone groups is 1. The Hall–Kier alpha value is -1.72. The molecule has 0 amide bonds. The fraction of sp³-hybridized carbons (Fsp3) is 0.0769. The van der Waals surface area contributed by atoms with Crippen LogP contribution in [-0.4, -0.2) is 13.5 Å². The molecule has 6 heteroatoms. The van der Waals surface area contributed by atoms with E-state index in [9.17, 15) is 8.42 Å². The number of rotatable bonds is 3. The molecule has 0 atom stereocenters. The quantitative estimate of drug-likeness (QED) is 0.853. The third-order valence-corrected chi connectivity index (χ3v) is 4.59. The van der Waals surface area contributed by atoms with Crippen LogP contribution < -0.4 is 5.73 Å². The van der Waals surface area contributed by atoms with Crippen LogP contribution in [0.3, 0.4) is 0 Å². The number of hydrogen-bond acceptors (Lipinski definition) is 4. The molecule has 19 heavy (non-hydrogen) atoms. The summed E-state index contributed by atoms with van der Waals surface area (Å²) in [5, 5.41) is 9.55. The Kier molecular flexibility index (Phi) is 3.68. The summed E-state index contributed by atoms with van der Waals surface area (Å²) in [4.78, 5) is 0.0602. The Morgan fingerprint density at radius 1 is 1.11 bits per heavy atom. The maximum atomic E-state index is 12.2. The second kappa shape index (κ2) is 5.11. The third kappa shape index (κ3) is 3.19. The van der Waals surface area contributed by atoms with Crippen molar-refractivity contribution in [3.05, 3.63) is 53.1 Å². The molecule has 0 aliphatic heterocycles. The first kappa shape index (κ1) is 13.7. The van der Waals surface area contributed by atoms with Crippen LogP contribution in [0.15, 0.2) is 47.4 Å². The smallest absolute Gasteiger partial charge is 0.184 e. The number of halogens is 1. The Morgan fingerprint density at radius 2 is 1.74 bits per heavy atom. The number of phenols is 1. The number of benzene rings is 2. The van der Waals surface area contributed by atoms with E-state index in [1.807, 2.05) is 0 Å². The largest absolute Gasteiger partial charge is 0.508 e. The van der Waals surface area contributed by atoms with Crippen molar-refractivity contribution in [1.82, 2.24) is 0 Å². The van der Waals surface area contributed by atoms with E-state index < -0.39 is 9.84 Å². The zero-order valence-corrected chi connectivity index (χ0v) is 11.4. The van der Waals surface area contributed by atoms with E-state index in [1.54, 1.807) is 12.1 Å². The van der Waals surface area contributed by atoms with E-state index in [0.29, 0.717) is 10.6 Å². The van der Waals surface area contributed by atoms with Gasteiger partial charge in [-0.1, -0.05) is 23.7 Å². The maximum absolute atomic E-state index is 12.2. The second-order valence-electron chi connectivity index (χ2n) is 4.11. The van der Waals surface area contributed by atoms with Crippen LogP contribution in [-0.2, 0) is 15.6 Å². The number of phenolic OH excluding ortho intramolecular Hbond substituents is 1. The van der Waals surface area contributed by atoms with Gasteiger partial charge in [0.05, 0.1) is 16.3 Å². The normalized spacial score (nSPS) is 11.4. The third-order valence-electron chi connectivity index (χ3n) is 2.60. The summed E-state index contributed by atoms with van der Waals surface area (Å²) in [6.45, 7) is 0. The minimum Gasteiger partial charge on any atom is -0.508 e. The topological polar surface area (TPSA) is 80.4 Å². The van der Waals surface area contributed by atoms with Gasteiger partial charge in [0.15, 0.2) is 9.84 Å². The lowest BCUT2D eigenvalue weighted by atomic mass is 10.2. The van der Waals surface area contributed by atoms with Crippen LogP contribution >= 0.6 is 11.6 Å². The van der Waals surface area contributed by atoms with Gasteiger partial charge in [-0.3, -0.25) is 0 Å². The summed E-state index contributed by atoms with van der Waals surface area (Å²) in [5.74, 6) is -0.0915. The van der Waals surface area contributed by atoms with Crippen molar-refractivity contribution in [2.45, 2.75) is 10.6 Å². The molecule has 0 fully saturated rings. The zero-order valence-electron chi connectivity index (χ0n) is 9.88. The van der Waals surface area contributed by atoms with E-state index >= 15 is 0 Å².